The lowest BCUT2D eigenvalue weighted by Gasteiger charge is -2.14. The van der Waals surface area contributed by atoms with Crippen molar-refractivity contribution in [3.63, 3.8) is 0 Å². The molecule has 2 N–H and O–H groups in total. The molecule has 0 atom stereocenters. The minimum atomic E-state index is 0.375. The highest BCUT2D eigenvalue weighted by Gasteiger charge is 2.14. The molecule has 0 saturated heterocycles. The van der Waals surface area contributed by atoms with Crippen molar-refractivity contribution in [2.24, 2.45) is 5.73 Å². The van der Waals surface area contributed by atoms with Gasteiger partial charge in [-0.15, -0.1) is 0 Å². The highest BCUT2D eigenvalue weighted by Crippen LogP contribution is 2.33. The van der Waals surface area contributed by atoms with Crippen LogP contribution in [0.5, 0.6) is 5.75 Å². The van der Waals surface area contributed by atoms with E-state index in [1.54, 1.807) is 36.3 Å². The van der Waals surface area contributed by atoms with E-state index in [2.05, 4.69) is 29.5 Å². The molecule has 0 aliphatic heterocycles. The molecule has 3 rings (SSSR count). The van der Waals surface area contributed by atoms with Crippen LogP contribution in [0.25, 0.3) is 17.0 Å². The molecule has 1 aromatic heterocycles. The molecule has 2 aromatic carbocycles. The van der Waals surface area contributed by atoms with E-state index in [0.717, 1.165) is 35.3 Å². The van der Waals surface area contributed by atoms with E-state index in [0.29, 0.717) is 34.3 Å². The third kappa shape index (κ3) is 6.30. The maximum atomic E-state index is 9.41. The lowest BCUT2D eigenvalue weighted by Crippen LogP contribution is -2.01. The second kappa shape index (κ2) is 11.8. The molecule has 3 aromatic rings. The average molecular weight is 443 g/mol. The monoisotopic (exact) mass is 442 g/mol. The molecular weight excluding hydrogens is 416 g/mol. The molecule has 6 heteroatoms. The van der Waals surface area contributed by atoms with Crippen LogP contribution in [0.15, 0.2) is 78.7 Å². The molecule has 0 aliphatic rings. The van der Waals surface area contributed by atoms with Crippen LogP contribution in [0.2, 0.25) is 0 Å². The Bertz CT molecular complexity index is 1120. The van der Waals surface area contributed by atoms with Crippen molar-refractivity contribution in [2.75, 3.05) is 5.75 Å². The number of rotatable bonds is 10. The Labute approximate surface area is 193 Å². The predicted molar refractivity (Wildman–Crippen MR) is 132 cm³/mol. The first-order valence-corrected chi connectivity index (χ1v) is 11.4. The number of hydrogen-bond donors (Lipinski definition) is 1. The summed E-state index contributed by atoms with van der Waals surface area (Å²) in [5, 5.41) is 10.1. The maximum absolute atomic E-state index is 9.41. The van der Waals surface area contributed by atoms with Crippen LogP contribution in [0.1, 0.15) is 36.5 Å². The molecule has 0 bridgehead atoms. The zero-order valence-corrected chi connectivity index (χ0v) is 18.9. The fourth-order valence-electron chi connectivity index (χ4n) is 2.86. The van der Waals surface area contributed by atoms with E-state index >= 15 is 0 Å². The molecule has 0 amide bonds. The minimum absolute atomic E-state index is 0.375. The molecule has 1 heterocycles. The number of allylic oxidation sites excluding steroid dienone is 2. The number of thioether (sulfide) groups is 1. The van der Waals surface area contributed by atoms with Gasteiger partial charge in [-0.2, -0.15) is 5.26 Å². The number of nitrogens with zero attached hydrogens (tertiary/aromatic N) is 3. The van der Waals surface area contributed by atoms with Crippen molar-refractivity contribution in [3.8, 4) is 23.2 Å². The Hall–Kier alpha value is -3.40. The summed E-state index contributed by atoms with van der Waals surface area (Å²) in [7, 11) is 0. The second-order valence-corrected chi connectivity index (χ2v) is 8.20. The Balaban J connectivity index is 1.97. The Kier molecular flexibility index (Phi) is 8.61. The van der Waals surface area contributed by atoms with E-state index in [4.69, 9.17) is 10.5 Å². The smallest absolute Gasteiger partial charge is 0.162 e. The fourth-order valence-corrected chi connectivity index (χ4v) is 3.87. The van der Waals surface area contributed by atoms with Crippen molar-refractivity contribution in [3.05, 3.63) is 95.4 Å². The first-order valence-electron chi connectivity index (χ1n) is 10.5. The first-order chi connectivity index (χ1) is 15.6. The van der Waals surface area contributed by atoms with Gasteiger partial charge in [-0.25, -0.2) is 9.97 Å². The van der Waals surface area contributed by atoms with Crippen LogP contribution in [-0.2, 0) is 6.54 Å². The second-order valence-electron chi connectivity index (χ2n) is 7.10. The lowest BCUT2D eigenvalue weighted by molar-refractivity contribution is 0.467. The molecule has 0 saturated carbocycles. The van der Waals surface area contributed by atoms with E-state index in [1.165, 1.54) is 0 Å². The van der Waals surface area contributed by atoms with Gasteiger partial charge in [-0.05, 0) is 41.8 Å². The number of aromatic nitrogens is 2. The van der Waals surface area contributed by atoms with Gasteiger partial charge in [-0.3, -0.25) is 0 Å². The van der Waals surface area contributed by atoms with E-state index < -0.39 is 0 Å². The number of unbranched alkanes of at least 4 members (excludes halogenated alkanes) is 1. The molecule has 5 nitrogen and oxygen atoms in total. The maximum Gasteiger partial charge on any atom is 0.162 e. The molecule has 0 aliphatic carbocycles. The van der Waals surface area contributed by atoms with Gasteiger partial charge in [0.05, 0.1) is 17.2 Å². The van der Waals surface area contributed by atoms with Crippen LogP contribution in [-0.4, -0.2) is 15.7 Å². The minimum Gasteiger partial charge on any atom is -0.450 e. The Morgan fingerprint density at radius 3 is 2.59 bits per heavy atom. The van der Waals surface area contributed by atoms with E-state index in [9.17, 15) is 5.26 Å². The Morgan fingerprint density at radius 2 is 1.94 bits per heavy atom. The standard InChI is InChI=1S/C26H26N4OS/c1-3-4-12-32-25(13-19(2)22-8-6-5-7-9-22)31-24-14-20(15-27)10-11-23(24)26-29-17-21(16-28)18-30-26/h5-11,13-14,17-18H,2-4,12,16,28H2,1H3/b25-13-. The first kappa shape index (κ1) is 23.3. The molecule has 162 valence electrons. The third-order valence-corrected chi connectivity index (χ3v) is 5.66. The number of benzene rings is 2. The fraction of sp³-hybridized carbons (Fsp3) is 0.192. The number of ether oxygens (including phenoxy) is 1. The molecular formula is C26H26N4OS. The quantitative estimate of drug-likeness (QED) is 0.238. The number of nitriles is 1. The van der Waals surface area contributed by atoms with Crippen LogP contribution >= 0.6 is 11.8 Å². The van der Waals surface area contributed by atoms with Gasteiger partial charge >= 0.3 is 0 Å². The summed E-state index contributed by atoms with van der Waals surface area (Å²) in [4.78, 5) is 8.86. The molecule has 0 radical (unpaired) electrons. The average Bonchev–Trinajstić information content (AvgIpc) is 2.84. The van der Waals surface area contributed by atoms with Crippen molar-refractivity contribution in [1.82, 2.24) is 9.97 Å². The molecule has 0 spiro atoms. The van der Waals surface area contributed by atoms with Gasteiger partial charge in [0.1, 0.15) is 5.75 Å². The topological polar surface area (TPSA) is 84.8 Å². The normalized spacial score (nSPS) is 11.1. The van der Waals surface area contributed by atoms with Gasteiger partial charge in [-0.1, -0.05) is 62.0 Å². The summed E-state index contributed by atoms with van der Waals surface area (Å²) in [6, 6.07) is 17.4. The predicted octanol–water partition coefficient (Wildman–Crippen LogP) is 5.94. The van der Waals surface area contributed by atoms with Gasteiger partial charge < -0.3 is 10.5 Å². The summed E-state index contributed by atoms with van der Waals surface area (Å²) >= 11 is 1.63. The lowest BCUT2D eigenvalue weighted by atomic mass is 10.1. The van der Waals surface area contributed by atoms with Crippen molar-refractivity contribution < 1.29 is 4.74 Å². The zero-order valence-electron chi connectivity index (χ0n) is 18.1. The van der Waals surface area contributed by atoms with Crippen molar-refractivity contribution in [1.29, 1.82) is 5.26 Å². The van der Waals surface area contributed by atoms with Crippen molar-refractivity contribution in [2.45, 2.75) is 26.3 Å². The highest BCUT2D eigenvalue weighted by atomic mass is 32.2. The molecule has 0 fully saturated rings. The largest absolute Gasteiger partial charge is 0.450 e. The van der Waals surface area contributed by atoms with E-state index in [-0.39, 0.29) is 0 Å². The number of nitrogens with two attached hydrogens (primary N) is 1. The van der Waals surface area contributed by atoms with Gasteiger partial charge in [0.2, 0.25) is 0 Å². The summed E-state index contributed by atoms with van der Waals surface area (Å²) < 4.78 is 6.35. The summed E-state index contributed by atoms with van der Waals surface area (Å²) in [6.07, 6.45) is 7.51. The molecule has 32 heavy (non-hydrogen) atoms. The highest BCUT2D eigenvalue weighted by molar-refractivity contribution is 8.02. The van der Waals surface area contributed by atoms with Crippen molar-refractivity contribution >= 4 is 17.3 Å². The van der Waals surface area contributed by atoms with Crippen LogP contribution in [0, 0.1) is 11.3 Å². The van der Waals surface area contributed by atoms with Gasteiger partial charge in [0.15, 0.2) is 10.9 Å². The van der Waals surface area contributed by atoms with E-state index in [1.807, 2.05) is 42.5 Å². The summed E-state index contributed by atoms with van der Waals surface area (Å²) in [6.45, 7) is 6.74. The van der Waals surface area contributed by atoms with Gasteiger partial charge in [0.25, 0.3) is 0 Å². The van der Waals surface area contributed by atoms with Crippen LogP contribution < -0.4 is 10.5 Å². The van der Waals surface area contributed by atoms with Gasteiger partial charge in [0, 0.05) is 30.3 Å². The summed E-state index contributed by atoms with van der Waals surface area (Å²) in [5.41, 5.74) is 9.60. The SMILES string of the molecule is C=C(/C=C(/Oc1cc(C#N)ccc1-c1ncc(CN)cn1)SCCCC)c1ccccc1. The zero-order chi connectivity index (χ0) is 22.8. The summed E-state index contributed by atoms with van der Waals surface area (Å²) in [5.74, 6) is 1.96. The van der Waals surface area contributed by atoms with Crippen LogP contribution in [0.4, 0.5) is 0 Å². The number of hydrogen-bond acceptors (Lipinski definition) is 6. The van der Waals surface area contributed by atoms with Crippen LogP contribution in [0.3, 0.4) is 0 Å². The molecule has 0 unspecified atom stereocenters. The Morgan fingerprint density at radius 1 is 1.19 bits per heavy atom. The third-order valence-electron chi connectivity index (χ3n) is 4.68.